The van der Waals surface area contributed by atoms with E-state index in [1.54, 1.807) is 37.3 Å². The summed E-state index contributed by atoms with van der Waals surface area (Å²) in [5.41, 5.74) is 5.68. The molecular formula is C18H13N5O5. The number of rotatable bonds is 3. The van der Waals surface area contributed by atoms with Crippen LogP contribution < -0.4 is 20.9 Å². The number of fused-ring (bicyclic) bond motifs is 2. The van der Waals surface area contributed by atoms with Crippen LogP contribution in [0, 0.1) is 6.92 Å². The van der Waals surface area contributed by atoms with Gasteiger partial charge >= 0.3 is 5.69 Å². The molecule has 0 spiro atoms. The lowest BCUT2D eigenvalue weighted by Gasteiger charge is -2.06. The zero-order valence-electron chi connectivity index (χ0n) is 14.6. The van der Waals surface area contributed by atoms with Crippen molar-refractivity contribution in [1.82, 2.24) is 19.5 Å². The monoisotopic (exact) mass is 379 g/mol. The van der Waals surface area contributed by atoms with Crippen molar-refractivity contribution < 1.29 is 18.7 Å². The number of imidazole rings is 1. The molecular weight excluding hydrogens is 366 g/mol. The van der Waals surface area contributed by atoms with E-state index >= 15 is 0 Å². The van der Waals surface area contributed by atoms with Crippen LogP contribution in [0.2, 0.25) is 0 Å². The van der Waals surface area contributed by atoms with Crippen LogP contribution in [0.1, 0.15) is 16.2 Å². The Hall–Kier alpha value is -4.08. The smallest absolute Gasteiger partial charge is 0.332 e. The van der Waals surface area contributed by atoms with Gasteiger partial charge in [0.15, 0.2) is 34.4 Å². The summed E-state index contributed by atoms with van der Waals surface area (Å²) in [7, 11) is 0. The van der Waals surface area contributed by atoms with Crippen LogP contribution in [0.25, 0.3) is 28.4 Å². The largest absolute Gasteiger partial charge is 0.458 e. The Bertz CT molecular complexity index is 1320. The van der Waals surface area contributed by atoms with Gasteiger partial charge in [-0.1, -0.05) is 0 Å². The number of furan rings is 1. The van der Waals surface area contributed by atoms with Crippen LogP contribution in [0.3, 0.4) is 0 Å². The van der Waals surface area contributed by atoms with Gasteiger partial charge in [-0.05, 0) is 31.2 Å². The first kappa shape index (κ1) is 16.1. The summed E-state index contributed by atoms with van der Waals surface area (Å²) < 4.78 is 17.5. The molecule has 0 saturated heterocycles. The minimum Gasteiger partial charge on any atom is -0.458 e. The van der Waals surface area contributed by atoms with Gasteiger partial charge in [0, 0.05) is 6.07 Å². The molecule has 10 heteroatoms. The molecule has 1 aliphatic heterocycles. The summed E-state index contributed by atoms with van der Waals surface area (Å²) in [6, 6.07) is 8.45. The standard InChI is InChI=1S/C18H13N5O5/c1-8-2-4-11(28-8)16-20-13(15(19)24)14-17(22-16)23(18(25)21-14)9-3-5-10-12(6-9)27-7-26-10/h2-6H,7H2,1H3,(H2,19,24)(H,21,25). The van der Waals surface area contributed by atoms with E-state index in [1.165, 1.54) is 4.57 Å². The predicted octanol–water partition coefficient (Wildman–Crippen LogP) is 1.50. The van der Waals surface area contributed by atoms with E-state index < -0.39 is 11.6 Å². The SMILES string of the molecule is Cc1ccc(-c2nc(C(N)=O)c3[nH]c(=O)n(-c4ccc5c(c4)OCO5)c3n2)o1. The summed E-state index contributed by atoms with van der Waals surface area (Å²) in [5, 5.41) is 0. The molecule has 5 rings (SSSR count). The van der Waals surface area contributed by atoms with E-state index in [4.69, 9.17) is 19.6 Å². The van der Waals surface area contributed by atoms with E-state index in [-0.39, 0.29) is 29.5 Å². The van der Waals surface area contributed by atoms with Crippen molar-refractivity contribution in [3.05, 3.63) is 52.3 Å². The van der Waals surface area contributed by atoms with Crippen LogP contribution in [-0.2, 0) is 0 Å². The second-order valence-electron chi connectivity index (χ2n) is 6.17. The average molecular weight is 379 g/mol. The first-order chi connectivity index (χ1) is 13.5. The van der Waals surface area contributed by atoms with Gasteiger partial charge in [-0.2, -0.15) is 0 Å². The summed E-state index contributed by atoms with van der Waals surface area (Å²) in [6.07, 6.45) is 0. The highest BCUT2D eigenvalue weighted by atomic mass is 16.7. The summed E-state index contributed by atoms with van der Waals surface area (Å²) in [4.78, 5) is 35.8. The number of aromatic amines is 1. The number of aromatic nitrogens is 4. The van der Waals surface area contributed by atoms with Crippen molar-refractivity contribution in [3.63, 3.8) is 0 Å². The van der Waals surface area contributed by atoms with E-state index in [9.17, 15) is 9.59 Å². The van der Waals surface area contributed by atoms with Gasteiger partial charge in [-0.25, -0.2) is 19.3 Å². The number of amides is 1. The van der Waals surface area contributed by atoms with Gasteiger partial charge in [-0.3, -0.25) is 4.79 Å². The second kappa shape index (κ2) is 5.71. The van der Waals surface area contributed by atoms with Gasteiger partial charge in [-0.15, -0.1) is 0 Å². The molecule has 3 aromatic heterocycles. The Kier molecular flexibility index (Phi) is 3.29. The maximum atomic E-state index is 12.7. The van der Waals surface area contributed by atoms with Crippen molar-refractivity contribution in [1.29, 1.82) is 0 Å². The number of H-pyrrole nitrogens is 1. The van der Waals surface area contributed by atoms with Crippen molar-refractivity contribution >= 4 is 17.1 Å². The minimum atomic E-state index is -0.795. The molecule has 4 heterocycles. The molecule has 140 valence electrons. The third kappa shape index (κ3) is 2.35. The zero-order valence-corrected chi connectivity index (χ0v) is 14.6. The fourth-order valence-electron chi connectivity index (χ4n) is 3.09. The molecule has 28 heavy (non-hydrogen) atoms. The summed E-state index contributed by atoms with van der Waals surface area (Å²) >= 11 is 0. The summed E-state index contributed by atoms with van der Waals surface area (Å²) in [5.74, 6) is 1.44. The molecule has 0 unspecified atom stereocenters. The lowest BCUT2D eigenvalue weighted by Crippen LogP contribution is -2.15. The lowest BCUT2D eigenvalue weighted by atomic mass is 10.2. The highest BCUT2D eigenvalue weighted by molar-refractivity contribution is 6.02. The van der Waals surface area contributed by atoms with Crippen LogP contribution in [0.15, 0.2) is 39.5 Å². The number of carbonyl (C=O) groups is 1. The number of hydrogen-bond donors (Lipinski definition) is 2. The van der Waals surface area contributed by atoms with E-state index in [0.717, 1.165) is 0 Å². The third-order valence-electron chi connectivity index (χ3n) is 4.35. The first-order valence-electron chi connectivity index (χ1n) is 8.30. The number of nitrogens with one attached hydrogen (secondary N) is 1. The molecule has 4 aromatic rings. The number of ether oxygens (including phenoxy) is 2. The number of aryl methyl sites for hydroxylation is 1. The van der Waals surface area contributed by atoms with Gasteiger partial charge in [0.2, 0.25) is 6.79 Å². The topological polar surface area (TPSA) is 138 Å². The highest BCUT2D eigenvalue weighted by Gasteiger charge is 2.22. The maximum absolute atomic E-state index is 12.7. The van der Waals surface area contributed by atoms with Gasteiger partial charge < -0.3 is 24.6 Å². The van der Waals surface area contributed by atoms with E-state index in [1.807, 2.05) is 0 Å². The number of benzene rings is 1. The Balaban J connectivity index is 1.80. The first-order valence-corrected chi connectivity index (χ1v) is 8.30. The van der Waals surface area contributed by atoms with Gasteiger partial charge in [0.1, 0.15) is 11.3 Å². The normalized spacial score (nSPS) is 12.6. The second-order valence-corrected chi connectivity index (χ2v) is 6.17. The number of nitrogens with two attached hydrogens (primary N) is 1. The van der Waals surface area contributed by atoms with Crippen molar-refractivity contribution in [2.75, 3.05) is 6.79 Å². The predicted molar refractivity (Wildman–Crippen MR) is 96.6 cm³/mol. The molecule has 0 saturated carbocycles. The van der Waals surface area contributed by atoms with Crippen LogP contribution in [0.5, 0.6) is 11.5 Å². The fraction of sp³-hybridized carbons (Fsp3) is 0.111. The molecule has 0 aliphatic carbocycles. The lowest BCUT2D eigenvalue weighted by molar-refractivity contribution is 0.0997. The number of nitrogens with zero attached hydrogens (tertiary/aromatic N) is 3. The van der Waals surface area contributed by atoms with Crippen LogP contribution >= 0.6 is 0 Å². The highest BCUT2D eigenvalue weighted by Crippen LogP contribution is 2.34. The van der Waals surface area contributed by atoms with E-state index in [2.05, 4.69) is 15.0 Å². The molecule has 0 radical (unpaired) electrons. The summed E-state index contributed by atoms with van der Waals surface area (Å²) in [6.45, 7) is 1.88. The van der Waals surface area contributed by atoms with Crippen molar-refractivity contribution in [2.24, 2.45) is 5.73 Å². The quantitative estimate of drug-likeness (QED) is 0.550. The van der Waals surface area contributed by atoms with Crippen LogP contribution in [0.4, 0.5) is 0 Å². The van der Waals surface area contributed by atoms with E-state index in [0.29, 0.717) is 28.7 Å². The molecule has 0 atom stereocenters. The van der Waals surface area contributed by atoms with Crippen molar-refractivity contribution in [3.8, 4) is 28.8 Å². The zero-order chi connectivity index (χ0) is 19.4. The molecule has 3 N–H and O–H groups in total. The Morgan fingerprint density at radius 1 is 1.18 bits per heavy atom. The Morgan fingerprint density at radius 2 is 2.00 bits per heavy atom. The maximum Gasteiger partial charge on any atom is 0.332 e. The number of hydrogen-bond acceptors (Lipinski definition) is 7. The Labute approximate surface area is 156 Å². The van der Waals surface area contributed by atoms with Gasteiger partial charge in [0.25, 0.3) is 5.91 Å². The molecule has 1 amide bonds. The van der Waals surface area contributed by atoms with Crippen molar-refractivity contribution in [2.45, 2.75) is 6.92 Å². The molecule has 1 aliphatic rings. The number of carbonyl (C=O) groups excluding carboxylic acids is 1. The molecule has 1 aromatic carbocycles. The average Bonchev–Trinajstić information content (AvgIpc) is 3.37. The molecule has 0 fully saturated rings. The molecule has 10 nitrogen and oxygen atoms in total. The fourth-order valence-corrected chi connectivity index (χ4v) is 3.09. The Morgan fingerprint density at radius 3 is 2.75 bits per heavy atom. The minimum absolute atomic E-state index is 0.106. The molecule has 0 bridgehead atoms. The van der Waals surface area contributed by atoms with Crippen LogP contribution in [-0.4, -0.2) is 32.2 Å². The third-order valence-corrected chi connectivity index (χ3v) is 4.35. The number of primary amides is 1. The van der Waals surface area contributed by atoms with Gasteiger partial charge in [0.05, 0.1) is 5.69 Å².